The number of nitro benzene ring substituents is 1. The largest absolute Gasteiger partial charge is 0.397 e. The predicted octanol–water partition coefficient (Wildman–Crippen LogP) is 4.90. The van der Waals surface area contributed by atoms with Gasteiger partial charge in [-0.2, -0.15) is 0 Å². The second kappa shape index (κ2) is 12.7. The number of halogens is 2. The Morgan fingerprint density at radius 1 is 0.941 bits per heavy atom. The van der Waals surface area contributed by atoms with Gasteiger partial charge < -0.3 is 17.2 Å². The van der Waals surface area contributed by atoms with E-state index in [9.17, 15) is 10.1 Å². The molecule has 0 spiro atoms. The van der Waals surface area contributed by atoms with Gasteiger partial charge in [-0.15, -0.1) is 17.0 Å². The fraction of sp³-hybridized carbons (Fsp3) is 0.500. The van der Waals surface area contributed by atoms with E-state index < -0.39 is 4.92 Å². The van der Waals surface area contributed by atoms with E-state index in [1.807, 2.05) is 6.07 Å². The molecule has 2 aromatic carbocycles. The van der Waals surface area contributed by atoms with Gasteiger partial charge in [0.2, 0.25) is 0 Å². The number of nitrogen functional groups attached to an aromatic ring is 3. The first-order valence-corrected chi connectivity index (χ1v) is 12.4. The molecule has 6 N–H and O–H groups in total. The van der Waals surface area contributed by atoms with Crippen LogP contribution in [0, 0.1) is 10.1 Å². The Labute approximate surface area is 220 Å². The summed E-state index contributed by atoms with van der Waals surface area (Å²) in [6.07, 6.45) is 4.13. The number of anilines is 3. The van der Waals surface area contributed by atoms with Crippen molar-refractivity contribution in [3.05, 3.63) is 55.0 Å². The molecule has 0 aliphatic carbocycles. The smallest absolute Gasteiger partial charge is 0.293 e. The third kappa shape index (κ3) is 6.41. The predicted molar refractivity (Wildman–Crippen MR) is 149 cm³/mol. The van der Waals surface area contributed by atoms with Gasteiger partial charge in [-0.1, -0.05) is 35.8 Å². The molecule has 0 fully saturated rings. The number of hydrogen-bond acceptors (Lipinski definition) is 7. The highest BCUT2D eigenvalue weighted by Crippen LogP contribution is 2.37. The van der Waals surface area contributed by atoms with Crippen molar-refractivity contribution in [1.29, 1.82) is 0 Å². The van der Waals surface area contributed by atoms with Crippen LogP contribution in [0.3, 0.4) is 0 Å². The van der Waals surface area contributed by atoms with E-state index in [1.54, 1.807) is 0 Å². The van der Waals surface area contributed by atoms with Crippen molar-refractivity contribution in [2.75, 3.05) is 43.4 Å². The van der Waals surface area contributed by atoms with Crippen molar-refractivity contribution >= 4 is 55.7 Å². The molecule has 0 saturated carbocycles. The zero-order valence-corrected chi connectivity index (χ0v) is 23.3. The molecule has 0 radical (unpaired) electrons. The van der Waals surface area contributed by atoms with Crippen LogP contribution in [0.5, 0.6) is 0 Å². The maximum Gasteiger partial charge on any atom is 0.293 e. The SMILES string of the molecule is Br.CCCN1CCc2c(N)c([N+](=O)[O-])cc(Br)c2C1.CCCN1CCc2c(ccc(N)c2N)C1. The number of benzene rings is 2. The first kappa shape index (κ1) is 28.4. The summed E-state index contributed by atoms with van der Waals surface area (Å²) in [7, 11) is 0. The van der Waals surface area contributed by atoms with Crippen molar-refractivity contribution in [3.63, 3.8) is 0 Å². The average Bonchev–Trinajstić information content (AvgIpc) is 2.79. The number of fused-ring (bicyclic) bond motifs is 2. The third-order valence-electron chi connectivity index (χ3n) is 6.41. The van der Waals surface area contributed by atoms with Gasteiger partial charge in [0.1, 0.15) is 5.69 Å². The first-order valence-electron chi connectivity index (χ1n) is 11.6. The molecule has 2 aliphatic rings. The van der Waals surface area contributed by atoms with Crippen LogP contribution in [0.15, 0.2) is 22.7 Å². The molecule has 2 aliphatic heterocycles. The van der Waals surface area contributed by atoms with Crippen LogP contribution in [0.25, 0.3) is 0 Å². The number of rotatable bonds is 5. The minimum Gasteiger partial charge on any atom is -0.397 e. The number of nitrogens with two attached hydrogens (primary N) is 3. The standard InChI is InChI=1S/C12H16BrN3O2.C12H19N3.BrH/c1-2-4-15-5-3-8-9(7-15)10(13)6-11(12(8)14)16(17)18;1-2-6-15-7-5-10-9(8-15)3-4-11(13)12(10)14;/h6H,2-5,7,14H2,1H3;3-4H,2,5-8,13-14H2,1H3;1H. The Hall–Kier alpha value is -1.88. The monoisotopic (exact) mass is 598 g/mol. The van der Waals surface area contributed by atoms with Crippen LogP contribution in [-0.4, -0.2) is 40.9 Å². The van der Waals surface area contributed by atoms with Crippen LogP contribution >= 0.6 is 32.9 Å². The fourth-order valence-electron chi connectivity index (χ4n) is 4.70. The molecule has 188 valence electrons. The molecule has 10 heteroatoms. The second-order valence-electron chi connectivity index (χ2n) is 8.76. The van der Waals surface area contributed by atoms with E-state index in [2.05, 4.69) is 45.6 Å². The molecule has 4 rings (SSSR count). The molecule has 2 heterocycles. The van der Waals surface area contributed by atoms with Crippen molar-refractivity contribution in [3.8, 4) is 0 Å². The van der Waals surface area contributed by atoms with Gasteiger partial charge in [0.25, 0.3) is 5.69 Å². The quantitative estimate of drug-likeness (QED) is 0.253. The van der Waals surface area contributed by atoms with Gasteiger partial charge in [-0.3, -0.25) is 19.9 Å². The first-order chi connectivity index (χ1) is 15.8. The minimum atomic E-state index is -0.418. The van der Waals surface area contributed by atoms with Crippen molar-refractivity contribution in [1.82, 2.24) is 9.80 Å². The average molecular weight is 600 g/mol. The maximum absolute atomic E-state index is 10.9. The van der Waals surface area contributed by atoms with Crippen LogP contribution < -0.4 is 17.2 Å². The highest BCUT2D eigenvalue weighted by Gasteiger charge is 2.26. The van der Waals surface area contributed by atoms with Gasteiger partial charge in [-0.05, 0) is 67.1 Å². The Bertz CT molecular complexity index is 1020. The zero-order chi connectivity index (χ0) is 24.1. The summed E-state index contributed by atoms with van der Waals surface area (Å²) in [5.41, 5.74) is 24.2. The normalized spacial score (nSPS) is 15.4. The third-order valence-corrected chi connectivity index (χ3v) is 7.12. The molecule has 0 amide bonds. The summed E-state index contributed by atoms with van der Waals surface area (Å²) in [5, 5.41) is 10.9. The van der Waals surface area contributed by atoms with Crippen molar-refractivity contribution < 1.29 is 4.92 Å². The van der Waals surface area contributed by atoms with Crippen LogP contribution in [0.4, 0.5) is 22.7 Å². The van der Waals surface area contributed by atoms with Gasteiger partial charge in [-0.25, -0.2) is 0 Å². The highest BCUT2D eigenvalue weighted by atomic mass is 79.9. The summed E-state index contributed by atoms with van der Waals surface area (Å²) >= 11 is 3.43. The Balaban J connectivity index is 0.000000237. The maximum atomic E-state index is 10.9. The topological polar surface area (TPSA) is 128 Å². The molecular formula is C24H36Br2N6O2. The van der Waals surface area contributed by atoms with E-state index in [-0.39, 0.29) is 22.7 Å². The lowest BCUT2D eigenvalue weighted by Gasteiger charge is -2.29. The minimum absolute atomic E-state index is 0. The Morgan fingerprint density at radius 2 is 1.53 bits per heavy atom. The van der Waals surface area contributed by atoms with Crippen molar-refractivity contribution in [2.45, 2.75) is 52.6 Å². The lowest BCUT2D eigenvalue weighted by molar-refractivity contribution is -0.384. The Kier molecular flexibility index (Phi) is 10.6. The van der Waals surface area contributed by atoms with Crippen LogP contribution in [-0.2, 0) is 25.9 Å². The molecule has 0 unspecified atom stereocenters. The van der Waals surface area contributed by atoms with E-state index in [0.717, 1.165) is 79.0 Å². The summed E-state index contributed by atoms with van der Waals surface area (Å²) in [6.45, 7) is 10.4. The molecule has 0 aromatic heterocycles. The van der Waals surface area contributed by atoms with Gasteiger partial charge in [0.05, 0.1) is 16.3 Å². The van der Waals surface area contributed by atoms with Crippen molar-refractivity contribution in [2.24, 2.45) is 0 Å². The number of nitro groups is 1. The van der Waals surface area contributed by atoms with E-state index in [0.29, 0.717) is 5.69 Å². The molecule has 8 nitrogen and oxygen atoms in total. The van der Waals surface area contributed by atoms with Gasteiger partial charge in [0, 0.05) is 36.7 Å². The summed E-state index contributed by atoms with van der Waals surface area (Å²) in [4.78, 5) is 15.3. The summed E-state index contributed by atoms with van der Waals surface area (Å²) in [5.74, 6) is 0. The lowest BCUT2D eigenvalue weighted by atomic mass is 9.97. The molecule has 34 heavy (non-hydrogen) atoms. The molecule has 0 saturated heterocycles. The Morgan fingerprint density at radius 3 is 2.12 bits per heavy atom. The van der Waals surface area contributed by atoms with Gasteiger partial charge in [0.15, 0.2) is 0 Å². The van der Waals surface area contributed by atoms with Gasteiger partial charge >= 0.3 is 0 Å². The summed E-state index contributed by atoms with van der Waals surface area (Å²) in [6, 6.07) is 5.55. The molecule has 2 aromatic rings. The number of hydrogen-bond donors (Lipinski definition) is 3. The van der Waals surface area contributed by atoms with Crippen LogP contribution in [0.1, 0.15) is 48.9 Å². The van der Waals surface area contributed by atoms with E-state index in [1.165, 1.54) is 30.2 Å². The lowest BCUT2D eigenvalue weighted by Crippen LogP contribution is -2.32. The van der Waals surface area contributed by atoms with Crippen LogP contribution in [0.2, 0.25) is 0 Å². The van der Waals surface area contributed by atoms with E-state index in [4.69, 9.17) is 17.2 Å². The fourth-order valence-corrected chi connectivity index (χ4v) is 5.28. The second-order valence-corrected chi connectivity index (χ2v) is 9.62. The highest BCUT2D eigenvalue weighted by molar-refractivity contribution is 9.10. The number of nitrogens with zero attached hydrogens (tertiary/aromatic N) is 3. The summed E-state index contributed by atoms with van der Waals surface area (Å²) < 4.78 is 0.791. The zero-order valence-electron chi connectivity index (χ0n) is 20.0. The van der Waals surface area contributed by atoms with E-state index >= 15 is 0 Å². The molecular weight excluding hydrogens is 564 g/mol. The molecule has 0 bridgehead atoms. The molecule has 0 atom stereocenters.